The number of halogens is 3. The highest BCUT2D eigenvalue weighted by Crippen LogP contribution is 2.37. The van der Waals surface area contributed by atoms with E-state index >= 15 is 0 Å². The topological polar surface area (TPSA) is 80.0 Å². The predicted molar refractivity (Wildman–Crippen MR) is 138 cm³/mol. The first-order valence-corrected chi connectivity index (χ1v) is 11.8. The van der Waals surface area contributed by atoms with Crippen molar-refractivity contribution in [2.45, 2.75) is 0 Å². The molecule has 6 nitrogen and oxygen atoms in total. The highest BCUT2D eigenvalue weighted by atomic mass is 35.5. The standard InChI is InChI=1S/C22H11Cl3N4O2S2/c23-10-3-5-12-16(8-10)33-18(17(12)25)20(30)29-22(32)27-11-4-6-14(24)13(9-11)21-28-19-15(31-21)2-1-7-26-19/h1-9H,(H2,27,29,30,32). The summed E-state index contributed by atoms with van der Waals surface area (Å²) >= 11 is 25.3. The fourth-order valence-corrected chi connectivity index (χ4v) is 5.26. The number of rotatable bonds is 3. The van der Waals surface area contributed by atoms with Crippen molar-refractivity contribution in [3.63, 3.8) is 0 Å². The van der Waals surface area contributed by atoms with E-state index < -0.39 is 5.91 Å². The minimum Gasteiger partial charge on any atom is -0.434 e. The fraction of sp³-hybridized carbons (Fsp3) is 0. The third-order valence-electron chi connectivity index (χ3n) is 4.64. The van der Waals surface area contributed by atoms with Crippen molar-refractivity contribution in [1.29, 1.82) is 0 Å². The van der Waals surface area contributed by atoms with Crippen LogP contribution >= 0.6 is 58.4 Å². The second kappa shape index (κ2) is 8.89. The summed E-state index contributed by atoms with van der Waals surface area (Å²) in [7, 11) is 0. The second-order valence-electron chi connectivity index (χ2n) is 6.83. The highest BCUT2D eigenvalue weighted by Gasteiger charge is 2.19. The summed E-state index contributed by atoms with van der Waals surface area (Å²) in [6.07, 6.45) is 1.63. The Morgan fingerprint density at radius 3 is 2.76 bits per heavy atom. The molecule has 0 unspecified atom stereocenters. The quantitative estimate of drug-likeness (QED) is 0.239. The van der Waals surface area contributed by atoms with Gasteiger partial charge in [0.25, 0.3) is 5.91 Å². The first-order valence-electron chi connectivity index (χ1n) is 9.40. The summed E-state index contributed by atoms with van der Waals surface area (Å²) in [5, 5.41) is 7.83. The molecule has 11 heteroatoms. The number of aromatic nitrogens is 2. The van der Waals surface area contributed by atoms with Gasteiger partial charge in [-0.2, -0.15) is 4.98 Å². The van der Waals surface area contributed by atoms with Crippen LogP contribution < -0.4 is 10.6 Å². The molecule has 0 aliphatic carbocycles. The number of pyridine rings is 1. The molecule has 0 atom stereocenters. The van der Waals surface area contributed by atoms with Crippen molar-refractivity contribution in [1.82, 2.24) is 15.3 Å². The number of nitrogens with one attached hydrogen (secondary N) is 2. The second-order valence-corrected chi connectivity index (χ2v) is 9.51. The zero-order chi connectivity index (χ0) is 23.1. The molecule has 0 radical (unpaired) electrons. The monoisotopic (exact) mass is 532 g/mol. The lowest BCUT2D eigenvalue weighted by Crippen LogP contribution is -2.33. The summed E-state index contributed by atoms with van der Waals surface area (Å²) in [5.74, 6) is -0.0999. The lowest BCUT2D eigenvalue weighted by Gasteiger charge is -2.10. The molecule has 1 amide bonds. The van der Waals surface area contributed by atoms with Crippen LogP contribution in [0.15, 0.2) is 59.1 Å². The van der Waals surface area contributed by atoms with Gasteiger partial charge in [-0.05, 0) is 54.7 Å². The summed E-state index contributed by atoms with van der Waals surface area (Å²) < 4.78 is 6.57. The van der Waals surface area contributed by atoms with Crippen LogP contribution in [0.5, 0.6) is 0 Å². The Labute approximate surface area is 211 Å². The predicted octanol–water partition coefficient (Wildman–Crippen LogP) is 7.19. The van der Waals surface area contributed by atoms with Crippen LogP contribution in [-0.4, -0.2) is 21.0 Å². The van der Waals surface area contributed by atoms with Gasteiger partial charge >= 0.3 is 0 Å². The number of anilines is 1. The maximum absolute atomic E-state index is 12.8. The lowest BCUT2D eigenvalue weighted by molar-refractivity contribution is 0.0982. The molecular formula is C22H11Cl3N4O2S2. The number of nitrogens with zero attached hydrogens (tertiary/aromatic N) is 2. The SMILES string of the molecule is O=C(NC(=S)Nc1ccc(Cl)c(-c2nc3ncccc3o2)c1)c1sc2cc(Cl)ccc2c1Cl. The van der Waals surface area contributed by atoms with E-state index in [0.717, 1.165) is 10.1 Å². The number of amides is 1. The van der Waals surface area contributed by atoms with E-state index in [1.165, 1.54) is 11.3 Å². The maximum Gasteiger partial charge on any atom is 0.269 e. The number of hydrogen-bond donors (Lipinski definition) is 2. The van der Waals surface area contributed by atoms with Gasteiger partial charge in [0.05, 0.1) is 15.6 Å². The van der Waals surface area contributed by atoms with Gasteiger partial charge in [-0.3, -0.25) is 10.1 Å². The van der Waals surface area contributed by atoms with Crippen molar-refractivity contribution in [3.8, 4) is 11.5 Å². The van der Waals surface area contributed by atoms with Crippen molar-refractivity contribution < 1.29 is 9.21 Å². The Morgan fingerprint density at radius 2 is 1.94 bits per heavy atom. The molecule has 0 spiro atoms. The third-order valence-corrected chi connectivity index (χ3v) is 7.07. The van der Waals surface area contributed by atoms with Crippen LogP contribution in [0.25, 0.3) is 32.8 Å². The van der Waals surface area contributed by atoms with E-state index in [2.05, 4.69) is 20.6 Å². The number of hydrogen-bond acceptors (Lipinski definition) is 6. The lowest BCUT2D eigenvalue weighted by atomic mass is 10.2. The van der Waals surface area contributed by atoms with Crippen LogP contribution in [0.4, 0.5) is 5.69 Å². The number of thiocarbonyl (C=S) groups is 1. The minimum absolute atomic E-state index is 0.0964. The molecule has 0 fully saturated rings. The Morgan fingerprint density at radius 1 is 1.09 bits per heavy atom. The molecule has 5 aromatic rings. The van der Waals surface area contributed by atoms with Crippen molar-refractivity contribution >= 4 is 96.4 Å². The van der Waals surface area contributed by atoms with Gasteiger partial charge in [0, 0.05) is 27.0 Å². The highest BCUT2D eigenvalue weighted by molar-refractivity contribution is 7.80. The summed E-state index contributed by atoms with van der Waals surface area (Å²) in [5.41, 5.74) is 2.17. The van der Waals surface area contributed by atoms with Crippen LogP contribution in [-0.2, 0) is 0 Å². The summed E-state index contributed by atoms with van der Waals surface area (Å²) in [6, 6.07) is 13.9. The molecule has 5 rings (SSSR count). The maximum atomic E-state index is 12.8. The van der Waals surface area contributed by atoms with Gasteiger partial charge in [0.2, 0.25) is 5.89 Å². The molecule has 3 heterocycles. The average Bonchev–Trinajstić information content (AvgIpc) is 3.36. The smallest absolute Gasteiger partial charge is 0.269 e. The third kappa shape index (κ3) is 4.40. The Balaban J connectivity index is 1.35. The molecule has 0 aliphatic rings. The van der Waals surface area contributed by atoms with E-state index in [4.69, 9.17) is 51.4 Å². The largest absolute Gasteiger partial charge is 0.434 e. The van der Waals surface area contributed by atoms with Crippen molar-refractivity contribution in [2.24, 2.45) is 0 Å². The molecule has 3 aromatic heterocycles. The normalized spacial score (nSPS) is 11.1. The first-order chi connectivity index (χ1) is 15.9. The molecule has 0 saturated carbocycles. The summed E-state index contributed by atoms with van der Waals surface area (Å²) in [6.45, 7) is 0. The zero-order valence-electron chi connectivity index (χ0n) is 16.4. The fourth-order valence-electron chi connectivity index (χ4n) is 3.16. The van der Waals surface area contributed by atoms with Gasteiger partial charge in [-0.25, -0.2) is 4.98 Å². The van der Waals surface area contributed by atoms with E-state index in [-0.39, 0.29) is 5.11 Å². The molecule has 2 aromatic carbocycles. The zero-order valence-corrected chi connectivity index (χ0v) is 20.3. The Hall–Kier alpha value is -2.75. The summed E-state index contributed by atoms with van der Waals surface area (Å²) in [4.78, 5) is 21.6. The Kier molecular flexibility index (Phi) is 5.94. The van der Waals surface area contributed by atoms with Crippen molar-refractivity contribution in [3.05, 3.63) is 74.7 Å². The minimum atomic E-state index is -0.422. The number of carbonyl (C=O) groups excluding carboxylic acids is 1. The van der Waals surface area contributed by atoms with Gasteiger partial charge in [-0.15, -0.1) is 11.3 Å². The number of oxazole rings is 1. The molecule has 0 saturated heterocycles. The van der Waals surface area contributed by atoms with Crippen LogP contribution in [0.3, 0.4) is 0 Å². The Bertz CT molecular complexity index is 1530. The van der Waals surface area contributed by atoms with Crippen LogP contribution in [0.2, 0.25) is 15.1 Å². The number of thiophene rings is 1. The van der Waals surface area contributed by atoms with Crippen molar-refractivity contribution in [2.75, 3.05) is 5.32 Å². The van der Waals surface area contributed by atoms with E-state index in [1.54, 1.807) is 54.7 Å². The first kappa shape index (κ1) is 22.1. The average molecular weight is 534 g/mol. The van der Waals surface area contributed by atoms with E-state index in [0.29, 0.717) is 48.3 Å². The van der Waals surface area contributed by atoms with Gasteiger partial charge < -0.3 is 9.73 Å². The molecule has 0 bridgehead atoms. The van der Waals surface area contributed by atoms with E-state index in [1.807, 2.05) is 0 Å². The molecule has 0 aliphatic heterocycles. The number of carbonyl (C=O) groups is 1. The number of fused-ring (bicyclic) bond motifs is 2. The van der Waals surface area contributed by atoms with E-state index in [9.17, 15) is 4.79 Å². The van der Waals surface area contributed by atoms with Gasteiger partial charge in [0.1, 0.15) is 4.88 Å². The molecule has 164 valence electrons. The molecular weight excluding hydrogens is 523 g/mol. The van der Waals surface area contributed by atoms with Gasteiger partial charge in [-0.1, -0.05) is 40.9 Å². The van der Waals surface area contributed by atoms with Gasteiger partial charge in [0.15, 0.2) is 16.3 Å². The molecule has 2 N–H and O–H groups in total. The molecule has 33 heavy (non-hydrogen) atoms. The van der Waals surface area contributed by atoms with Crippen LogP contribution in [0.1, 0.15) is 9.67 Å². The number of benzene rings is 2. The van der Waals surface area contributed by atoms with Crippen LogP contribution in [0, 0.1) is 0 Å².